The molecule has 0 amide bonds. The summed E-state index contributed by atoms with van der Waals surface area (Å²) in [6.07, 6.45) is 1.52. The van der Waals surface area contributed by atoms with Crippen LogP contribution in [0.4, 0.5) is 5.69 Å². The highest BCUT2D eigenvalue weighted by Gasteiger charge is 2.11. The summed E-state index contributed by atoms with van der Waals surface area (Å²) in [4.78, 5) is 13.9. The molecule has 106 valence electrons. The third kappa shape index (κ3) is 2.41. The lowest BCUT2D eigenvalue weighted by molar-refractivity contribution is -0.384. The zero-order valence-electron chi connectivity index (χ0n) is 11.2. The molecule has 0 aliphatic rings. The van der Waals surface area contributed by atoms with Gasteiger partial charge in [-0.2, -0.15) is 0 Å². The lowest BCUT2D eigenvalue weighted by Crippen LogP contribution is -1.93. The highest BCUT2D eigenvalue weighted by molar-refractivity contribution is 5.85. The van der Waals surface area contributed by atoms with E-state index in [-0.39, 0.29) is 5.69 Å². The molecular formula is C15H9N5O2. The molecule has 0 bridgehead atoms. The number of rotatable bonds is 3. The monoisotopic (exact) mass is 291 g/mol. The first-order chi connectivity index (χ1) is 10.7. The fraction of sp³-hybridized carbons (Fsp3) is 0. The number of fused-ring (bicyclic) bond motifs is 1. The van der Waals surface area contributed by atoms with E-state index in [2.05, 4.69) is 15.2 Å². The molecule has 0 atom stereocenters. The molecule has 7 nitrogen and oxygen atoms in total. The number of benzene rings is 2. The van der Waals surface area contributed by atoms with Crippen molar-refractivity contribution in [2.75, 3.05) is 0 Å². The first kappa shape index (κ1) is 13.5. The van der Waals surface area contributed by atoms with Crippen LogP contribution in [-0.2, 0) is 0 Å². The van der Waals surface area contributed by atoms with Crippen LogP contribution in [0.1, 0.15) is 5.56 Å². The lowest BCUT2D eigenvalue weighted by atomic mass is 10.2. The minimum absolute atomic E-state index is 0.0477. The first-order valence-corrected chi connectivity index (χ1v) is 6.33. The molecule has 3 aromatic rings. The standard InChI is InChI=1S/C15H9N5O2/c1-16-14(11-5-3-2-4-6-11)10-19-15-9-12(20(21)22)7-8-13(15)17-18-19/h2-10H. The average molecular weight is 291 g/mol. The number of nitrogens with zero attached hydrogens (tertiary/aromatic N) is 5. The number of aromatic nitrogens is 3. The van der Waals surface area contributed by atoms with Crippen LogP contribution in [0.2, 0.25) is 0 Å². The first-order valence-electron chi connectivity index (χ1n) is 6.33. The molecule has 0 unspecified atom stereocenters. The number of hydrogen-bond donors (Lipinski definition) is 0. The molecule has 0 saturated carbocycles. The van der Waals surface area contributed by atoms with Crippen LogP contribution in [-0.4, -0.2) is 19.9 Å². The van der Waals surface area contributed by atoms with Gasteiger partial charge in [0.1, 0.15) is 5.52 Å². The van der Waals surface area contributed by atoms with Crippen LogP contribution in [0.3, 0.4) is 0 Å². The van der Waals surface area contributed by atoms with Gasteiger partial charge in [-0.25, -0.2) is 9.53 Å². The Bertz CT molecular complexity index is 922. The summed E-state index contributed by atoms with van der Waals surface area (Å²) in [7, 11) is 0. The molecule has 1 aromatic heterocycles. The van der Waals surface area contributed by atoms with Crippen molar-refractivity contribution in [2.45, 2.75) is 0 Å². The van der Waals surface area contributed by atoms with Crippen molar-refractivity contribution < 1.29 is 4.92 Å². The van der Waals surface area contributed by atoms with Gasteiger partial charge in [-0.15, -0.1) is 5.10 Å². The summed E-state index contributed by atoms with van der Waals surface area (Å²) in [6, 6.07) is 13.4. The van der Waals surface area contributed by atoms with Crippen molar-refractivity contribution in [2.24, 2.45) is 0 Å². The fourth-order valence-electron chi connectivity index (χ4n) is 2.03. The van der Waals surface area contributed by atoms with E-state index in [4.69, 9.17) is 6.57 Å². The minimum Gasteiger partial charge on any atom is -0.258 e. The average Bonchev–Trinajstić information content (AvgIpc) is 2.95. The Balaban J connectivity index is 2.13. The molecule has 3 rings (SSSR count). The van der Waals surface area contributed by atoms with Crippen molar-refractivity contribution in [3.63, 3.8) is 0 Å². The molecular weight excluding hydrogens is 282 g/mol. The van der Waals surface area contributed by atoms with E-state index < -0.39 is 4.92 Å². The van der Waals surface area contributed by atoms with Crippen LogP contribution >= 0.6 is 0 Å². The van der Waals surface area contributed by atoms with Gasteiger partial charge >= 0.3 is 0 Å². The molecule has 22 heavy (non-hydrogen) atoms. The second-order valence-electron chi connectivity index (χ2n) is 4.46. The second kappa shape index (κ2) is 5.46. The van der Waals surface area contributed by atoms with E-state index in [0.29, 0.717) is 16.7 Å². The molecule has 0 radical (unpaired) electrons. The van der Waals surface area contributed by atoms with Gasteiger partial charge in [0.2, 0.25) is 5.70 Å². The van der Waals surface area contributed by atoms with Gasteiger partial charge in [-0.05, 0) is 11.6 Å². The van der Waals surface area contributed by atoms with Gasteiger partial charge in [0.25, 0.3) is 5.69 Å². The SMILES string of the molecule is [C-]#[N+]C(=Cn1nnc2ccc([N+](=O)[O-])cc21)c1ccccc1. The smallest absolute Gasteiger partial charge is 0.258 e. The van der Waals surface area contributed by atoms with Gasteiger partial charge in [-0.1, -0.05) is 35.5 Å². The number of nitro groups is 1. The summed E-state index contributed by atoms with van der Waals surface area (Å²) in [5, 5.41) is 18.7. The Kier molecular flexibility index (Phi) is 3.34. The highest BCUT2D eigenvalue weighted by Crippen LogP contribution is 2.22. The normalized spacial score (nSPS) is 11.3. The van der Waals surface area contributed by atoms with Crippen molar-refractivity contribution in [1.29, 1.82) is 0 Å². The Morgan fingerprint density at radius 1 is 1.27 bits per heavy atom. The zero-order valence-corrected chi connectivity index (χ0v) is 11.2. The van der Waals surface area contributed by atoms with E-state index in [9.17, 15) is 10.1 Å². The maximum absolute atomic E-state index is 10.9. The van der Waals surface area contributed by atoms with Crippen molar-refractivity contribution in [1.82, 2.24) is 15.0 Å². The van der Waals surface area contributed by atoms with Gasteiger partial charge in [0.05, 0.1) is 17.0 Å². The topological polar surface area (TPSA) is 78.2 Å². The summed E-state index contributed by atoms with van der Waals surface area (Å²) in [6.45, 7) is 7.31. The largest absolute Gasteiger partial charge is 0.271 e. The number of non-ortho nitro benzene ring substituents is 1. The molecule has 0 aliphatic carbocycles. The van der Waals surface area contributed by atoms with E-state index in [1.54, 1.807) is 0 Å². The third-order valence-corrected chi connectivity index (χ3v) is 3.10. The molecule has 0 aliphatic heterocycles. The van der Waals surface area contributed by atoms with Crippen LogP contribution in [0, 0.1) is 16.7 Å². The van der Waals surface area contributed by atoms with E-state index in [1.807, 2.05) is 30.3 Å². The highest BCUT2D eigenvalue weighted by atomic mass is 16.6. The summed E-state index contributed by atoms with van der Waals surface area (Å²) < 4.78 is 1.38. The predicted octanol–water partition coefficient (Wildman–Crippen LogP) is 3.21. The molecule has 0 N–H and O–H groups in total. The van der Waals surface area contributed by atoms with Gasteiger partial charge in [0, 0.05) is 18.3 Å². The van der Waals surface area contributed by atoms with E-state index in [1.165, 1.54) is 29.1 Å². The van der Waals surface area contributed by atoms with Crippen molar-refractivity contribution >= 4 is 28.6 Å². The molecule has 0 saturated heterocycles. The maximum atomic E-state index is 10.9. The van der Waals surface area contributed by atoms with Gasteiger partial charge in [-0.3, -0.25) is 10.1 Å². The van der Waals surface area contributed by atoms with Crippen LogP contribution in [0.5, 0.6) is 0 Å². The quantitative estimate of drug-likeness (QED) is 0.421. The summed E-state index contributed by atoms with van der Waals surface area (Å²) in [5.41, 5.74) is 2.07. The Hall–Kier alpha value is -3.53. The minimum atomic E-state index is -0.479. The maximum Gasteiger partial charge on any atom is 0.271 e. The van der Waals surface area contributed by atoms with Crippen LogP contribution in [0.25, 0.3) is 27.8 Å². The molecule has 7 heteroatoms. The van der Waals surface area contributed by atoms with E-state index >= 15 is 0 Å². The summed E-state index contributed by atoms with van der Waals surface area (Å²) >= 11 is 0. The van der Waals surface area contributed by atoms with Crippen molar-refractivity contribution in [3.05, 3.63) is 75.6 Å². The predicted molar refractivity (Wildman–Crippen MR) is 81.4 cm³/mol. The Labute approximate surface area is 125 Å². The third-order valence-electron chi connectivity index (χ3n) is 3.10. The number of hydrogen-bond acceptors (Lipinski definition) is 4. The number of nitro benzene ring substituents is 1. The van der Waals surface area contributed by atoms with Crippen LogP contribution in [0.15, 0.2) is 48.5 Å². The lowest BCUT2D eigenvalue weighted by Gasteiger charge is -1.99. The van der Waals surface area contributed by atoms with Gasteiger partial charge in [0.15, 0.2) is 0 Å². The van der Waals surface area contributed by atoms with Crippen molar-refractivity contribution in [3.8, 4) is 0 Å². The fourth-order valence-corrected chi connectivity index (χ4v) is 2.03. The molecule has 1 heterocycles. The van der Waals surface area contributed by atoms with Gasteiger partial charge < -0.3 is 0 Å². The Morgan fingerprint density at radius 3 is 2.73 bits per heavy atom. The zero-order chi connectivity index (χ0) is 15.5. The Morgan fingerprint density at radius 2 is 2.05 bits per heavy atom. The van der Waals surface area contributed by atoms with Crippen LogP contribution < -0.4 is 0 Å². The molecule has 0 fully saturated rings. The molecule has 2 aromatic carbocycles. The van der Waals surface area contributed by atoms with E-state index in [0.717, 1.165) is 5.56 Å². The molecule has 0 spiro atoms. The second-order valence-corrected chi connectivity index (χ2v) is 4.46. The summed E-state index contributed by atoms with van der Waals surface area (Å²) in [5.74, 6) is 0.